The summed E-state index contributed by atoms with van der Waals surface area (Å²) in [6.45, 7) is 0.688. The summed E-state index contributed by atoms with van der Waals surface area (Å²) in [5.74, 6) is 0. The summed E-state index contributed by atoms with van der Waals surface area (Å²) in [4.78, 5) is 4.36. The predicted molar refractivity (Wildman–Crippen MR) is 83.4 cm³/mol. The first kappa shape index (κ1) is 12.7. The fourth-order valence-electron chi connectivity index (χ4n) is 1.87. The maximum Gasteiger partial charge on any atom is 0.106 e. The van der Waals surface area contributed by atoms with Gasteiger partial charge in [0, 0.05) is 11.6 Å². The molecule has 0 atom stereocenters. The average molecular weight is 309 g/mol. The van der Waals surface area contributed by atoms with Gasteiger partial charge in [-0.1, -0.05) is 35.3 Å². The van der Waals surface area contributed by atoms with Crippen molar-refractivity contribution in [3.05, 3.63) is 57.5 Å². The molecule has 0 bridgehead atoms. The molecule has 0 unspecified atom stereocenters. The number of anilines is 1. The Kier molecular flexibility index (Phi) is 3.60. The first-order chi connectivity index (χ1) is 9.24. The van der Waals surface area contributed by atoms with Crippen molar-refractivity contribution >= 4 is 50.4 Å². The molecule has 2 aromatic carbocycles. The molecule has 0 radical (unpaired) electrons. The van der Waals surface area contributed by atoms with Crippen molar-refractivity contribution in [3.63, 3.8) is 0 Å². The maximum absolute atomic E-state index is 6.23. The van der Waals surface area contributed by atoms with Crippen molar-refractivity contribution in [3.8, 4) is 0 Å². The molecular formula is C14H10Cl2N2S. The van der Waals surface area contributed by atoms with Crippen LogP contribution in [0.15, 0.2) is 41.9 Å². The molecule has 0 aliphatic heterocycles. The Bertz CT molecular complexity index is 707. The topological polar surface area (TPSA) is 24.9 Å². The Morgan fingerprint density at radius 3 is 2.63 bits per heavy atom. The Morgan fingerprint density at radius 2 is 1.84 bits per heavy atom. The summed E-state index contributed by atoms with van der Waals surface area (Å²) in [6.07, 6.45) is 0. The minimum atomic E-state index is 0.687. The third-order valence-electron chi connectivity index (χ3n) is 2.83. The molecule has 3 rings (SSSR count). The number of hydrogen-bond donors (Lipinski definition) is 1. The van der Waals surface area contributed by atoms with Gasteiger partial charge >= 0.3 is 0 Å². The molecule has 0 amide bonds. The number of halogens is 2. The van der Waals surface area contributed by atoms with Gasteiger partial charge in [-0.25, -0.2) is 4.98 Å². The molecule has 0 spiro atoms. The predicted octanol–water partition coefficient (Wildman–Crippen LogP) is 5.22. The van der Waals surface area contributed by atoms with Gasteiger partial charge in [-0.3, -0.25) is 0 Å². The molecule has 0 aliphatic carbocycles. The van der Waals surface area contributed by atoms with Crippen LogP contribution in [0.1, 0.15) is 5.56 Å². The van der Waals surface area contributed by atoms with Crippen LogP contribution in [0, 0.1) is 0 Å². The van der Waals surface area contributed by atoms with Gasteiger partial charge in [0.15, 0.2) is 0 Å². The molecular weight excluding hydrogens is 299 g/mol. The minimum absolute atomic E-state index is 0.687. The number of benzene rings is 2. The van der Waals surface area contributed by atoms with Crippen LogP contribution in [0.4, 0.5) is 5.69 Å². The van der Waals surface area contributed by atoms with Gasteiger partial charge in [0.25, 0.3) is 0 Å². The summed E-state index contributed by atoms with van der Waals surface area (Å²) < 4.78 is 1.13. The van der Waals surface area contributed by atoms with Crippen molar-refractivity contribution in [2.45, 2.75) is 6.54 Å². The smallest absolute Gasteiger partial charge is 0.106 e. The quantitative estimate of drug-likeness (QED) is 0.718. The Hall–Kier alpha value is -1.29. The zero-order valence-electron chi connectivity index (χ0n) is 9.86. The minimum Gasteiger partial charge on any atom is -0.378 e. The van der Waals surface area contributed by atoms with Crippen LogP contribution in [-0.4, -0.2) is 4.98 Å². The van der Waals surface area contributed by atoms with Crippen molar-refractivity contribution < 1.29 is 0 Å². The lowest BCUT2D eigenvalue weighted by molar-refractivity contribution is 1.15. The van der Waals surface area contributed by atoms with E-state index >= 15 is 0 Å². The van der Waals surface area contributed by atoms with Gasteiger partial charge in [-0.15, -0.1) is 11.3 Å². The van der Waals surface area contributed by atoms with Crippen LogP contribution in [-0.2, 0) is 6.54 Å². The van der Waals surface area contributed by atoms with E-state index in [1.807, 2.05) is 41.9 Å². The highest BCUT2D eigenvalue weighted by Crippen LogP contribution is 2.32. The number of aromatic nitrogens is 1. The van der Waals surface area contributed by atoms with E-state index in [2.05, 4.69) is 10.3 Å². The number of hydrogen-bond acceptors (Lipinski definition) is 3. The van der Waals surface area contributed by atoms with Crippen molar-refractivity contribution in [1.82, 2.24) is 4.98 Å². The molecule has 2 nitrogen and oxygen atoms in total. The van der Waals surface area contributed by atoms with E-state index in [4.69, 9.17) is 23.2 Å². The van der Waals surface area contributed by atoms with E-state index in [1.165, 1.54) is 0 Å². The van der Waals surface area contributed by atoms with Crippen LogP contribution < -0.4 is 5.32 Å². The molecule has 0 saturated heterocycles. The number of rotatable bonds is 3. The van der Waals surface area contributed by atoms with Crippen LogP contribution >= 0.6 is 34.5 Å². The van der Waals surface area contributed by atoms with Gasteiger partial charge in [0.1, 0.15) is 5.52 Å². The number of nitrogens with one attached hydrogen (secondary N) is 1. The normalized spacial score (nSPS) is 10.8. The fraction of sp³-hybridized carbons (Fsp3) is 0.0714. The molecule has 19 heavy (non-hydrogen) atoms. The van der Waals surface area contributed by atoms with Crippen LogP contribution in [0.3, 0.4) is 0 Å². The molecule has 1 aromatic heterocycles. The highest BCUT2D eigenvalue weighted by atomic mass is 35.5. The van der Waals surface area contributed by atoms with E-state index in [1.54, 1.807) is 11.3 Å². The monoisotopic (exact) mass is 308 g/mol. The average Bonchev–Trinajstić information content (AvgIpc) is 2.88. The largest absolute Gasteiger partial charge is 0.378 e. The molecule has 1 N–H and O–H groups in total. The molecule has 3 aromatic rings. The summed E-state index contributed by atoms with van der Waals surface area (Å²) in [7, 11) is 0. The lowest BCUT2D eigenvalue weighted by Crippen LogP contribution is -2.00. The second-order valence-electron chi connectivity index (χ2n) is 4.10. The third-order valence-corrected chi connectivity index (χ3v) is 4.20. The highest BCUT2D eigenvalue weighted by molar-refractivity contribution is 7.16. The molecule has 1 heterocycles. The van der Waals surface area contributed by atoms with Gasteiger partial charge in [-0.05, 0) is 29.8 Å². The summed E-state index contributed by atoms with van der Waals surface area (Å²) in [6, 6.07) is 11.6. The van der Waals surface area contributed by atoms with Crippen LogP contribution in [0.2, 0.25) is 10.0 Å². The SMILES string of the molecule is Clc1ccc(CNc2c(Cl)ccc3scnc23)cc1. The summed E-state index contributed by atoms with van der Waals surface area (Å²) in [5, 5.41) is 4.77. The highest BCUT2D eigenvalue weighted by Gasteiger charge is 2.08. The Balaban J connectivity index is 1.87. The Labute approximate surface area is 125 Å². The number of nitrogens with zero attached hydrogens (tertiary/aromatic N) is 1. The van der Waals surface area contributed by atoms with E-state index in [-0.39, 0.29) is 0 Å². The zero-order chi connectivity index (χ0) is 13.2. The summed E-state index contributed by atoms with van der Waals surface area (Å²) >= 11 is 13.7. The molecule has 0 fully saturated rings. The molecule has 96 valence electrons. The van der Waals surface area contributed by atoms with Crippen molar-refractivity contribution in [2.75, 3.05) is 5.32 Å². The molecule has 0 saturated carbocycles. The van der Waals surface area contributed by atoms with E-state index < -0.39 is 0 Å². The van der Waals surface area contributed by atoms with E-state index in [0.717, 1.165) is 26.5 Å². The third kappa shape index (κ3) is 2.68. The van der Waals surface area contributed by atoms with Gasteiger partial charge < -0.3 is 5.32 Å². The lowest BCUT2D eigenvalue weighted by atomic mass is 10.2. The molecule has 0 aliphatic rings. The fourth-order valence-corrected chi connectivity index (χ4v) is 2.90. The maximum atomic E-state index is 6.23. The standard InChI is InChI=1S/C14H10Cl2N2S/c15-10-3-1-9(2-4-10)7-17-13-11(16)5-6-12-14(13)18-8-19-12/h1-6,8,17H,7H2. The van der Waals surface area contributed by atoms with Crippen LogP contribution in [0.25, 0.3) is 10.2 Å². The molecule has 5 heteroatoms. The van der Waals surface area contributed by atoms with Gasteiger partial charge in [0.2, 0.25) is 0 Å². The van der Waals surface area contributed by atoms with E-state index in [0.29, 0.717) is 11.6 Å². The first-order valence-electron chi connectivity index (χ1n) is 5.74. The second-order valence-corrected chi connectivity index (χ2v) is 5.83. The Morgan fingerprint density at radius 1 is 1.05 bits per heavy atom. The van der Waals surface area contributed by atoms with Crippen molar-refractivity contribution in [2.24, 2.45) is 0 Å². The number of thiazole rings is 1. The number of fused-ring (bicyclic) bond motifs is 1. The lowest BCUT2D eigenvalue weighted by Gasteiger charge is -2.09. The second kappa shape index (κ2) is 5.37. The van der Waals surface area contributed by atoms with Crippen LogP contribution in [0.5, 0.6) is 0 Å². The first-order valence-corrected chi connectivity index (χ1v) is 7.37. The van der Waals surface area contributed by atoms with Crippen molar-refractivity contribution in [1.29, 1.82) is 0 Å². The van der Waals surface area contributed by atoms with Gasteiger partial charge in [-0.2, -0.15) is 0 Å². The van der Waals surface area contributed by atoms with Gasteiger partial charge in [0.05, 0.1) is 20.9 Å². The van der Waals surface area contributed by atoms with E-state index in [9.17, 15) is 0 Å². The summed E-state index contributed by atoms with van der Waals surface area (Å²) in [5.41, 5.74) is 4.78. The zero-order valence-corrected chi connectivity index (χ0v) is 12.2.